The van der Waals surface area contributed by atoms with Crippen LogP contribution in [-0.2, 0) is 21.3 Å². The number of anilines is 1. The number of carboxylic acids is 1. The van der Waals surface area contributed by atoms with Gasteiger partial charge in [-0.05, 0) is 100 Å². The first-order valence-corrected chi connectivity index (χ1v) is 18.3. The minimum absolute atomic E-state index is 0.0345. The molecule has 12 nitrogen and oxygen atoms in total. The van der Waals surface area contributed by atoms with Gasteiger partial charge in [-0.1, -0.05) is 19.1 Å². The maximum Gasteiger partial charge on any atom is 0.335 e. The number of carboxylic acid groups (broad SMARTS) is 1. The van der Waals surface area contributed by atoms with Crippen LogP contribution in [0.25, 0.3) is 0 Å². The van der Waals surface area contributed by atoms with Crippen LogP contribution >= 0.6 is 0 Å². The van der Waals surface area contributed by atoms with Crippen molar-refractivity contribution in [2.24, 2.45) is 5.92 Å². The van der Waals surface area contributed by atoms with Crippen LogP contribution in [0.4, 0.5) is 5.69 Å². The van der Waals surface area contributed by atoms with Crippen LogP contribution in [0, 0.1) is 5.92 Å². The molecule has 0 saturated carbocycles. The summed E-state index contributed by atoms with van der Waals surface area (Å²) in [6.45, 7) is 7.31. The van der Waals surface area contributed by atoms with Crippen molar-refractivity contribution in [1.82, 2.24) is 9.80 Å². The van der Waals surface area contributed by atoms with Gasteiger partial charge in [-0.2, -0.15) is 0 Å². The first-order chi connectivity index (χ1) is 23.8. The van der Waals surface area contributed by atoms with E-state index in [4.69, 9.17) is 14.2 Å². The molecule has 3 aromatic carbocycles. The molecule has 1 aliphatic heterocycles. The second-order valence-corrected chi connectivity index (χ2v) is 14.7. The number of aliphatic hydroxyl groups excluding tert-OH is 1. The molecule has 272 valence electrons. The summed E-state index contributed by atoms with van der Waals surface area (Å²) in [6.07, 6.45) is 1.87. The molecule has 3 aromatic rings. The van der Waals surface area contributed by atoms with E-state index < -0.39 is 27.9 Å². The molecule has 0 unspecified atom stereocenters. The number of carbonyl (C=O) groups is 2. The quantitative estimate of drug-likeness (QED) is 0.244. The molecular formula is C37H49N3O9S. The number of rotatable bonds is 11. The summed E-state index contributed by atoms with van der Waals surface area (Å²) in [5.41, 5.74) is 1.55. The van der Waals surface area contributed by atoms with Crippen LogP contribution in [0.5, 0.6) is 11.5 Å². The average molecular weight is 712 g/mol. The fourth-order valence-electron chi connectivity index (χ4n) is 5.85. The molecule has 0 bridgehead atoms. The Kier molecular flexibility index (Phi) is 13.6. The number of hydrogen-bond acceptors (Lipinski definition) is 9. The summed E-state index contributed by atoms with van der Waals surface area (Å²) in [4.78, 5) is 29.4. The molecule has 0 fully saturated rings. The molecule has 1 heterocycles. The number of fused-ring (bicyclic) bond motifs is 1. The molecule has 3 N–H and O–H groups in total. The molecule has 1 aliphatic rings. The maximum absolute atomic E-state index is 14.4. The van der Waals surface area contributed by atoms with E-state index in [-0.39, 0.29) is 53.0 Å². The predicted molar refractivity (Wildman–Crippen MR) is 190 cm³/mol. The van der Waals surface area contributed by atoms with Gasteiger partial charge in [0.2, 0.25) is 0 Å². The van der Waals surface area contributed by atoms with E-state index in [1.807, 2.05) is 20.9 Å². The van der Waals surface area contributed by atoms with Gasteiger partial charge in [-0.25, -0.2) is 13.2 Å². The highest BCUT2D eigenvalue weighted by molar-refractivity contribution is 7.92. The third-order valence-corrected chi connectivity index (χ3v) is 10.2. The largest absolute Gasteiger partial charge is 0.497 e. The lowest BCUT2D eigenvalue weighted by Crippen LogP contribution is -2.47. The predicted octanol–water partition coefficient (Wildman–Crippen LogP) is 5.12. The van der Waals surface area contributed by atoms with Gasteiger partial charge in [0.05, 0.1) is 48.0 Å². The molecule has 13 heteroatoms. The molecular weight excluding hydrogens is 662 g/mol. The van der Waals surface area contributed by atoms with Crippen LogP contribution in [0.15, 0.2) is 71.6 Å². The van der Waals surface area contributed by atoms with Gasteiger partial charge in [-0.15, -0.1) is 0 Å². The second kappa shape index (κ2) is 17.7. The summed E-state index contributed by atoms with van der Waals surface area (Å²) >= 11 is 0. The lowest BCUT2D eigenvalue weighted by atomic mass is 10.0. The van der Waals surface area contributed by atoms with Gasteiger partial charge >= 0.3 is 5.97 Å². The summed E-state index contributed by atoms with van der Waals surface area (Å²) in [5, 5.41) is 19.5. The minimum atomic E-state index is -3.99. The molecule has 50 heavy (non-hydrogen) atoms. The third kappa shape index (κ3) is 10.4. The van der Waals surface area contributed by atoms with Crippen molar-refractivity contribution in [3.05, 3.63) is 83.4 Å². The summed E-state index contributed by atoms with van der Waals surface area (Å²) in [7, 11) is -0.527. The van der Waals surface area contributed by atoms with Gasteiger partial charge in [-0.3, -0.25) is 14.4 Å². The van der Waals surface area contributed by atoms with Crippen LogP contribution in [0.2, 0.25) is 0 Å². The van der Waals surface area contributed by atoms with Crippen LogP contribution < -0.4 is 14.2 Å². The van der Waals surface area contributed by atoms with E-state index in [1.165, 1.54) is 25.3 Å². The first-order valence-electron chi connectivity index (χ1n) is 16.8. The monoisotopic (exact) mass is 711 g/mol. The smallest absolute Gasteiger partial charge is 0.335 e. The molecule has 0 saturated heterocycles. The highest BCUT2D eigenvalue weighted by Crippen LogP contribution is 2.30. The normalized spacial score (nSPS) is 19.9. The Balaban J connectivity index is 1.61. The van der Waals surface area contributed by atoms with Gasteiger partial charge in [0, 0.05) is 37.8 Å². The fourth-order valence-corrected chi connectivity index (χ4v) is 6.90. The first kappa shape index (κ1) is 38.6. The van der Waals surface area contributed by atoms with E-state index in [1.54, 1.807) is 60.4 Å². The number of ether oxygens (including phenoxy) is 3. The number of nitrogens with one attached hydrogen (secondary N) is 1. The average Bonchev–Trinajstić information content (AvgIpc) is 3.09. The zero-order valence-corrected chi connectivity index (χ0v) is 30.2. The van der Waals surface area contributed by atoms with Crippen molar-refractivity contribution in [2.45, 2.75) is 69.7 Å². The molecule has 0 aliphatic carbocycles. The van der Waals surface area contributed by atoms with Gasteiger partial charge in [0.25, 0.3) is 15.9 Å². The second-order valence-electron chi connectivity index (χ2n) is 13.0. The minimum Gasteiger partial charge on any atom is -0.497 e. The molecule has 4 rings (SSSR count). The number of benzene rings is 3. The van der Waals surface area contributed by atoms with E-state index >= 15 is 0 Å². The van der Waals surface area contributed by atoms with Crippen LogP contribution in [0.3, 0.4) is 0 Å². The number of amides is 1. The Bertz CT molecular complexity index is 1680. The topological polar surface area (TPSA) is 155 Å². The van der Waals surface area contributed by atoms with Crippen molar-refractivity contribution in [3.63, 3.8) is 0 Å². The van der Waals surface area contributed by atoms with Gasteiger partial charge in [0.15, 0.2) is 0 Å². The van der Waals surface area contributed by atoms with Crippen molar-refractivity contribution < 1.29 is 42.4 Å². The lowest BCUT2D eigenvalue weighted by Gasteiger charge is -2.36. The van der Waals surface area contributed by atoms with E-state index in [0.29, 0.717) is 37.6 Å². The number of hydrogen-bond donors (Lipinski definition) is 3. The Morgan fingerprint density at radius 3 is 2.42 bits per heavy atom. The fraction of sp³-hybridized carbons (Fsp3) is 0.459. The number of aliphatic hydroxyl groups is 1. The third-order valence-electron chi connectivity index (χ3n) is 8.82. The Morgan fingerprint density at radius 1 is 1.08 bits per heavy atom. The summed E-state index contributed by atoms with van der Waals surface area (Å²) < 4.78 is 47.0. The van der Waals surface area contributed by atoms with Gasteiger partial charge in [0.1, 0.15) is 11.5 Å². The molecule has 0 radical (unpaired) electrons. The van der Waals surface area contributed by atoms with Crippen molar-refractivity contribution in [1.29, 1.82) is 0 Å². The van der Waals surface area contributed by atoms with E-state index in [2.05, 4.69) is 9.62 Å². The number of sulfonamides is 1. The number of likely N-dealkylation sites (N-methyl/N-ethyl adjacent to an activating group) is 1. The highest BCUT2D eigenvalue weighted by atomic mass is 32.2. The Labute approximate surface area is 295 Å². The van der Waals surface area contributed by atoms with Crippen LogP contribution in [-0.4, -0.2) is 99.0 Å². The van der Waals surface area contributed by atoms with Gasteiger partial charge < -0.3 is 29.3 Å². The lowest BCUT2D eigenvalue weighted by molar-refractivity contribution is -0.0177. The maximum atomic E-state index is 14.4. The SMILES string of the molecule is COc1ccc(S(=O)(=O)Nc2ccc3c(c2)C(=O)N([C@@H](C)CO)C[C@H](C)[C@@H](CN(C)Cc2ccc(C(=O)O)cc2)OCCCC[C@H](C)O3)cc1. The number of nitrogens with zero attached hydrogens (tertiary/aromatic N) is 2. The summed E-state index contributed by atoms with van der Waals surface area (Å²) in [6, 6.07) is 16.9. The Hall–Kier alpha value is -4.17. The van der Waals surface area contributed by atoms with Crippen molar-refractivity contribution in [3.8, 4) is 11.5 Å². The van der Waals surface area contributed by atoms with Crippen LogP contribution in [0.1, 0.15) is 66.3 Å². The Morgan fingerprint density at radius 2 is 1.78 bits per heavy atom. The number of carbonyl (C=O) groups excluding carboxylic acids is 1. The van der Waals surface area contributed by atoms with E-state index in [0.717, 1.165) is 18.4 Å². The molecule has 0 spiro atoms. The summed E-state index contributed by atoms with van der Waals surface area (Å²) in [5.74, 6) is -0.693. The molecule has 1 amide bonds. The number of aromatic carboxylic acids is 1. The highest BCUT2D eigenvalue weighted by Gasteiger charge is 2.31. The standard InChI is InChI=1S/C37H49N3O9S/c1-25-21-40(26(2)24-41)36(42)33-20-30(38-50(45,46)32-16-14-31(47-5)15-17-32)13-18-34(33)49-27(3)8-6-7-19-48-35(25)23-39(4)22-28-9-11-29(12-10-28)37(43)44/h9-18,20,25-27,35,38,41H,6-8,19,21-24H2,1-5H3,(H,43,44)/t25-,26-,27-,35+/m0/s1. The van der Waals surface area contributed by atoms with E-state index in [9.17, 15) is 28.2 Å². The van der Waals surface area contributed by atoms with Crippen molar-refractivity contribution >= 4 is 27.6 Å². The number of methoxy groups -OCH3 is 1. The van der Waals surface area contributed by atoms with Crippen molar-refractivity contribution in [2.75, 3.05) is 45.2 Å². The zero-order valence-electron chi connectivity index (χ0n) is 29.4. The zero-order chi connectivity index (χ0) is 36.4. The molecule has 0 aromatic heterocycles. The molecule has 4 atom stereocenters.